The molecule has 3 heterocycles. The molecule has 1 aromatic heterocycles. The average molecular weight is 754 g/mol. The summed E-state index contributed by atoms with van der Waals surface area (Å²) in [5, 5.41) is 5.37. The second-order valence-corrected chi connectivity index (χ2v) is 19.8. The molecule has 8 aromatic rings. The molecular formula is C52H43N3OSi. The third-order valence-corrected chi connectivity index (χ3v) is 16.5. The maximum absolute atomic E-state index is 6.76. The molecule has 0 aliphatic carbocycles. The summed E-state index contributed by atoms with van der Waals surface area (Å²) in [6.45, 7) is 7.46. The van der Waals surface area contributed by atoms with Crippen LogP contribution in [-0.2, 0) is 5.41 Å². The molecule has 0 N–H and O–H groups in total. The van der Waals surface area contributed by atoms with Gasteiger partial charge in [-0.15, -0.1) is 0 Å². The number of rotatable bonds is 7. The first kappa shape index (κ1) is 34.8. The lowest BCUT2D eigenvalue weighted by Gasteiger charge is -2.31. The number of hydrogen-bond donors (Lipinski definition) is 0. The van der Waals surface area contributed by atoms with Crippen molar-refractivity contribution in [3.63, 3.8) is 0 Å². The topological polar surface area (TPSA) is 28.6 Å². The molecule has 0 atom stereocenters. The Labute approximate surface area is 336 Å². The van der Waals surface area contributed by atoms with Crippen LogP contribution >= 0.6 is 0 Å². The normalized spacial score (nSPS) is 13.9. The van der Waals surface area contributed by atoms with Crippen molar-refractivity contribution >= 4 is 51.6 Å². The van der Waals surface area contributed by atoms with Crippen molar-refractivity contribution in [2.45, 2.75) is 26.2 Å². The minimum absolute atomic E-state index is 0.103. The van der Waals surface area contributed by atoms with Gasteiger partial charge in [0, 0.05) is 29.1 Å². The highest BCUT2D eigenvalue weighted by atomic mass is 28.3. The van der Waals surface area contributed by atoms with E-state index < -0.39 is 8.07 Å². The Morgan fingerprint density at radius 1 is 0.509 bits per heavy atom. The van der Waals surface area contributed by atoms with Crippen LogP contribution in [0.5, 0.6) is 11.5 Å². The van der Waals surface area contributed by atoms with Crippen molar-refractivity contribution < 1.29 is 4.74 Å². The highest BCUT2D eigenvalue weighted by molar-refractivity contribution is 7.22. The highest BCUT2D eigenvalue weighted by Crippen LogP contribution is 2.47. The zero-order valence-electron chi connectivity index (χ0n) is 32.4. The number of ether oxygens (including phenoxy) is 1. The van der Waals surface area contributed by atoms with E-state index in [1.54, 1.807) is 0 Å². The molecule has 0 bridgehead atoms. The molecule has 0 spiro atoms. The maximum atomic E-state index is 6.76. The third-order valence-electron chi connectivity index (χ3n) is 11.6. The smallest absolute Gasteiger partial charge is 0.182 e. The Bertz CT molecular complexity index is 2700. The zero-order valence-corrected chi connectivity index (χ0v) is 33.4. The van der Waals surface area contributed by atoms with Crippen LogP contribution in [0.15, 0.2) is 194 Å². The van der Waals surface area contributed by atoms with Gasteiger partial charge in [0.25, 0.3) is 0 Å². The van der Waals surface area contributed by atoms with Crippen LogP contribution in [0.2, 0.25) is 0 Å². The van der Waals surface area contributed by atoms with E-state index in [1.165, 1.54) is 48.8 Å². The van der Waals surface area contributed by atoms with Gasteiger partial charge in [-0.1, -0.05) is 154 Å². The van der Waals surface area contributed by atoms with Crippen LogP contribution in [0.4, 0.5) is 22.7 Å². The van der Waals surface area contributed by atoms with Gasteiger partial charge in [0.15, 0.2) is 8.07 Å². The van der Waals surface area contributed by atoms with Crippen LogP contribution < -0.4 is 35.3 Å². The molecule has 276 valence electrons. The van der Waals surface area contributed by atoms with E-state index in [4.69, 9.17) is 9.72 Å². The number of benzene rings is 7. The Morgan fingerprint density at radius 2 is 1.14 bits per heavy atom. The molecular weight excluding hydrogens is 711 g/mol. The van der Waals surface area contributed by atoms with Crippen LogP contribution in [0.3, 0.4) is 0 Å². The molecule has 10 rings (SSSR count). The Hall–Kier alpha value is -6.69. The number of nitrogens with zero attached hydrogens (tertiary/aromatic N) is 3. The second-order valence-electron chi connectivity index (χ2n) is 16.0. The first-order chi connectivity index (χ1) is 27.9. The van der Waals surface area contributed by atoms with Crippen LogP contribution in [-0.4, -0.2) is 19.7 Å². The summed E-state index contributed by atoms with van der Waals surface area (Å²) >= 11 is 0. The second kappa shape index (κ2) is 13.8. The summed E-state index contributed by atoms with van der Waals surface area (Å²) < 4.78 is 6.76. The zero-order chi connectivity index (χ0) is 38.6. The first-order valence-corrected chi connectivity index (χ1v) is 21.7. The molecule has 0 fully saturated rings. The van der Waals surface area contributed by atoms with Gasteiger partial charge in [0.05, 0.1) is 22.8 Å². The van der Waals surface area contributed by atoms with Crippen LogP contribution in [0.1, 0.15) is 26.3 Å². The minimum atomic E-state index is -2.60. The van der Waals surface area contributed by atoms with E-state index in [0.29, 0.717) is 6.67 Å². The van der Waals surface area contributed by atoms with Gasteiger partial charge in [0.1, 0.15) is 18.2 Å². The monoisotopic (exact) mass is 753 g/mol. The van der Waals surface area contributed by atoms with Crippen molar-refractivity contribution in [1.29, 1.82) is 0 Å². The van der Waals surface area contributed by atoms with Crippen LogP contribution in [0, 0.1) is 0 Å². The number of anilines is 4. The molecule has 5 heteroatoms. The van der Waals surface area contributed by atoms with E-state index in [-0.39, 0.29) is 5.41 Å². The lowest BCUT2D eigenvalue weighted by atomic mass is 9.86. The summed E-state index contributed by atoms with van der Waals surface area (Å²) in [4.78, 5) is 9.83. The molecule has 7 aromatic carbocycles. The van der Waals surface area contributed by atoms with Crippen molar-refractivity contribution in [2.75, 3.05) is 16.5 Å². The SMILES string of the molecule is CC(C)(C)c1ccc(-c2ccccc2N2CN(c3cccc(Oc4ccc5c(c4)-c4ncccc4[Si]5(c4ccccc4)c4ccccc4)c3)c3ccccc32)cc1. The lowest BCUT2D eigenvalue weighted by Crippen LogP contribution is -2.72. The number of hydrogen-bond acceptors (Lipinski definition) is 4. The Kier molecular flexibility index (Phi) is 8.42. The molecule has 2 aliphatic rings. The minimum Gasteiger partial charge on any atom is -0.457 e. The van der Waals surface area contributed by atoms with E-state index in [0.717, 1.165) is 34.1 Å². The predicted molar refractivity (Wildman–Crippen MR) is 240 cm³/mol. The van der Waals surface area contributed by atoms with Crippen LogP contribution in [0.25, 0.3) is 22.4 Å². The molecule has 0 radical (unpaired) electrons. The summed E-state index contributed by atoms with van der Waals surface area (Å²) in [7, 11) is -2.60. The fourth-order valence-electron chi connectivity index (χ4n) is 8.94. The Balaban J connectivity index is 0.991. The Morgan fingerprint density at radius 3 is 1.84 bits per heavy atom. The standard InChI is InChI=1S/C52H43N3OSi/c1-52(2,3)38-29-27-37(28-30-38)44-22-10-11-23-46(44)55-36-54(47-24-12-13-25-48(47)55)39-16-14-17-40(34-39)56-41-31-32-49-45(35-41)51-50(26-15-33-53-51)57(49,42-18-6-4-7-19-42)43-20-8-5-9-21-43/h4-35H,36H2,1-3H3. The van der Waals surface area contributed by atoms with Gasteiger partial charge in [-0.3, -0.25) is 4.98 Å². The van der Waals surface area contributed by atoms with Gasteiger partial charge in [-0.25, -0.2) is 0 Å². The number of para-hydroxylation sites is 3. The summed E-state index contributed by atoms with van der Waals surface area (Å²) in [5.74, 6) is 1.58. The number of aromatic nitrogens is 1. The number of fused-ring (bicyclic) bond motifs is 4. The van der Waals surface area contributed by atoms with Gasteiger partial charge in [-0.05, 0) is 85.8 Å². The fourth-order valence-corrected chi connectivity index (χ4v) is 14.0. The summed E-state index contributed by atoms with van der Waals surface area (Å²) in [6.07, 6.45) is 1.92. The molecule has 2 aliphatic heterocycles. The van der Waals surface area contributed by atoms with Crippen molar-refractivity contribution in [2.24, 2.45) is 0 Å². The molecule has 57 heavy (non-hydrogen) atoms. The molecule has 0 saturated heterocycles. The van der Waals surface area contributed by atoms with E-state index in [1.807, 2.05) is 12.3 Å². The van der Waals surface area contributed by atoms with Gasteiger partial charge >= 0.3 is 0 Å². The highest BCUT2D eigenvalue weighted by Gasteiger charge is 2.49. The largest absolute Gasteiger partial charge is 0.457 e. The molecule has 0 saturated carbocycles. The quantitative estimate of drug-likeness (QED) is 0.152. The molecule has 0 amide bonds. The maximum Gasteiger partial charge on any atom is 0.182 e. The predicted octanol–water partition coefficient (Wildman–Crippen LogP) is 10.4. The number of pyridine rings is 1. The van der Waals surface area contributed by atoms with Crippen molar-refractivity contribution in [1.82, 2.24) is 4.98 Å². The van der Waals surface area contributed by atoms with Gasteiger partial charge in [0.2, 0.25) is 0 Å². The molecule has 4 nitrogen and oxygen atoms in total. The summed E-state index contributed by atoms with van der Waals surface area (Å²) in [5.41, 5.74) is 10.6. The lowest BCUT2D eigenvalue weighted by molar-refractivity contribution is 0.483. The fraction of sp³-hybridized carbons (Fsp3) is 0.0962. The first-order valence-electron chi connectivity index (χ1n) is 19.7. The molecule has 0 unspecified atom stereocenters. The third kappa shape index (κ3) is 5.85. The van der Waals surface area contributed by atoms with E-state index >= 15 is 0 Å². The van der Waals surface area contributed by atoms with E-state index in [2.05, 4.69) is 213 Å². The average Bonchev–Trinajstić information content (AvgIpc) is 3.79. The van der Waals surface area contributed by atoms with Crippen molar-refractivity contribution in [3.05, 3.63) is 200 Å². The van der Waals surface area contributed by atoms with Crippen molar-refractivity contribution in [3.8, 4) is 33.9 Å². The summed E-state index contributed by atoms with van der Waals surface area (Å²) in [6, 6.07) is 68.0. The van der Waals surface area contributed by atoms with Gasteiger partial charge < -0.3 is 14.5 Å². The van der Waals surface area contributed by atoms with E-state index in [9.17, 15) is 0 Å². The van der Waals surface area contributed by atoms with Gasteiger partial charge in [-0.2, -0.15) is 0 Å².